The maximum atomic E-state index is 9.34. The van der Waals surface area contributed by atoms with E-state index in [-0.39, 0.29) is 12.6 Å². The van der Waals surface area contributed by atoms with Gasteiger partial charge in [-0.05, 0) is 42.4 Å². The molecule has 0 radical (unpaired) electrons. The van der Waals surface area contributed by atoms with Gasteiger partial charge in [0.2, 0.25) is 0 Å². The molecule has 1 fully saturated rings. The minimum absolute atomic E-state index is 0.219. The summed E-state index contributed by atoms with van der Waals surface area (Å²) in [7, 11) is 1.71. The average molecular weight is 263 g/mol. The summed E-state index contributed by atoms with van der Waals surface area (Å²) in [5, 5.41) is 12.9. The van der Waals surface area contributed by atoms with Crippen LogP contribution in [0.3, 0.4) is 0 Å². The van der Waals surface area contributed by atoms with E-state index in [2.05, 4.69) is 37.4 Å². The van der Waals surface area contributed by atoms with Crippen LogP contribution in [0.2, 0.25) is 0 Å². The van der Waals surface area contributed by atoms with Gasteiger partial charge in [0.05, 0.1) is 13.7 Å². The summed E-state index contributed by atoms with van der Waals surface area (Å²) in [6.45, 7) is 4.51. The lowest BCUT2D eigenvalue weighted by molar-refractivity contribution is 0.169. The number of benzene rings is 1. The van der Waals surface area contributed by atoms with Crippen LogP contribution in [0.5, 0.6) is 5.75 Å². The first-order valence-corrected chi connectivity index (χ1v) is 7.15. The second-order valence-electron chi connectivity index (χ2n) is 5.84. The number of aliphatic hydroxyl groups is 1. The van der Waals surface area contributed by atoms with Gasteiger partial charge in [-0.2, -0.15) is 0 Å². The van der Waals surface area contributed by atoms with Gasteiger partial charge < -0.3 is 15.2 Å². The Morgan fingerprint density at radius 3 is 2.68 bits per heavy atom. The Labute approximate surface area is 116 Å². The van der Waals surface area contributed by atoms with Crippen LogP contribution in [0.1, 0.15) is 38.2 Å². The molecule has 0 saturated heterocycles. The highest BCUT2D eigenvalue weighted by molar-refractivity contribution is 5.32. The minimum Gasteiger partial charge on any atom is -0.497 e. The van der Waals surface area contributed by atoms with Crippen molar-refractivity contribution in [3.05, 3.63) is 29.8 Å². The highest BCUT2D eigenvalue weighted by atomic mass is 16.5. The molecule has 3 nitrogen and oxygen atoms in total. The number of rotatable bonds is 6. The number of aliphatic hydroxyl groups excluding tert-OH is 1. The van der Waals surface area contributed by atoms with Crippen molar-refractivity contribution < 1.29 is 9.84 Å². The summed E-state index contributed by atoms with van der Waals surface area (Å²) in [5.74, 6) is 2.03. The zero-order chi connectivity index (χ0) is 13.8. The van der Waals surface area contributed by atoms with Crippen LogP contribution in [0.25, 0.3) is 0 Å². The lowest BCUT2D eigenvalue weighted by atomic mass is 9.75. The van der Waals surface area contributed by atoms with E-state index in [1.165, 1.54) is 5.56 Å². The molecule has 1 atom stereocenters. The molecule has 0 amide bonds. The zero-order valence-corrected chi connectivity index (χ0v) is 12.1. The fourth-order valence-corrected chi connectivity index (χ4v) is 2.68. The predicted molar refractivity (Wildman–Crippen MR) is 77.6 cm³/mol. The predicted octanol–water partition coefficient (Wildman–Crippen LogP) is 2.55. The molecule has 0 heterocycles. The number of hydrogen-bond acceptors (Lipinski definition) is 3. The molecule has 19 heavy (non-hydrogen) atoms. The molecular weight excluding hydrogens is 238 g/mol. The zero-order valence-electron chi connectivity index (χ0n) is 12.1. The van der Waals surface area contributed by atoms with E-state index in [0.29, 0.717) is 17.9 Å². The molecule has 1 saturated carbocycles. The second kappa shape index (κ2) is 6.40. The highest BCUT2D eigenvalue weighted by Crippen LogP contribution is 2.38. The third kappa shape index (κ3) is 3.48. The molecule has 1 aromatic rings. The van der Waals surface area contributed by atoms with E-state index in [0.717, 1.165) is 18.6 Å². The van der Waals surface area contributed by atoms with E-state index in [1.54, 1.807) is 7.11 Å². The van der Waals surface area contributed by atoms with Gasteiger partial charge >= 0.3 is 0 Å². The molecule has 0 aliphatic heterocycles. The Balaban J connectivity index is 1.85. The van der Waals surface area contributed by atoms with Crippen molar-refractivity contribution in [2.24, 2.45) is 5.92 Å². The molecule has 0 aromatic heterocycles. The Morgan fingerprint density at radius 2 is 2.11 bits per heavy atom. The second-order valence-corrected chi connectivity index (χ2v) is 5.84. The lowest BCUT2D eigenvalue weighted by Crippen LogP contribution is -2.49. The van der Waals surface area contributed by atoms with Gasteiger partial charge in [-0.15, -0.1) is 0 Å². The molecule has 2 N–H and O–H groups in total. The van der Waals surface area contributed by atoms with Crippen molar-refractivity contribution in [2.45, 2.75) is 44.7 Å². The van der Waals surface area contributed by atoms with Gasteiger partial charge in [-0.25, -0.2) is 0 Å². The first-order valence-electron chi connectivity index (χ1n) is 7.15. The molecule has 1 aliphatic rings. The summed E-state index contributed by atoms with van der Waals surface area (Å²) < 4.78 is 5.27. The fourth-order valence-electron chi connectivity index (χ4n) is 2.68. The van der Waals surface area contributed by atoms with Crippen molar-refractivity contribution in [2.75, 3.05) is 13.7 Å². The maximum Gasteiger partial charge on any atom is 0.119 e. The van der Waals surface area contributed by atoms with E-state index in [4.69, 9.17) is 4.74 Å². The Kier molecular flexibility index (Phi) is 4.83. The Hall–Kier alpha value is -1.06. The monoisotopic (exact) mass is 263 g/mol. The Bertz CT molecular complexity index is 399. The van der Waals surface area contributed by atoms with Crippen molar-refractivity contribution in [1.82, 2.24) is 5.32 Å². The van der Waals surface area contributed by atoms with Gasteiger partial charge in [-0.1, -0.05) is 26.0 Å². The first kappa shape index (κ1) is 14.4. The third-order valence-electron chi connectivity index (χ3n) is 4.15. The van der Waals surface area contributed by atoms with E-state index in [9.17, 15) is 5.11 Å². The number of methoxy groups -OCH3 is 1. The summed E-state index contributed by atoms with van der Waals surface area (Å²) in [6.07, 6.45) is 2.30. The van der Waals surface area contributed by atoms with Gasteiger partial charge in [0, 0.05) is 12.1 Å². The van der Waals surface area contributed by atoms with Crippen LogP contribution >= 0.6 is 0 Å². The number of ether oxygens (including phenoxy) is 1. The summed E-state index contributed by atoms with van der Waals surface area (Å²) in [4.78, 5) is 0. The largest absolute Gasteiger partial charge is 0.497 e. The van der Waals surface area contributed by atoms with E-state index >= 15 is 0 Å². The van der Waals surface area contributed by atoms with Gasteiger partial charge in [0.1, 0.15) is 5.75 Å². The first-order chi connectivity index (χ1) is 9.13. The number of nitrogens with one attached hydrogen (secondary N) is 1. The van der Waals surface area contributed by atoms with Crippen LogP contribution < -0.4 is 10.1 Å². The van der Waals surface area contributed by atoms with Gasteiger partial charge in [-0.3, -0.25) is 0 Å². The van der Waals surface area contributed by atoms with E-state index in [1.807, 2.05) is 6.07 Å². The number of hydrogen-bond donors (Lipinski definition) is 2. The summed E-state index contributed by atoms with van der Waals surface area (Å²) in [6, 6.07) is 9.10. The van der Waals surface area contributed by atoms with Gasteiger partial charge in [0.15, 0.2) is 0 Å². The molecule has 0 spiro atoms. The van der Waals surface area contributed by atoms with E-state index < -0.39 is 0 Å². The van der Waals surface area contributed by atoms with Crippen LogP contribution in [-0.4, -0.2) is 30.9 Å². The highest BCUT2D eigenvalue weighted by Gasteiger charge is 2.32. The van der Waals surface area contributed by atoms with Crippen molar-refractivity contribution >= 4 is 0 Å². The normalized spacial score (nSPS) is 24.1. The molecular formula is C16H25NO2. The smallest absolute Gasteiger partial charge is 0.119 e. The van der Waals surface area contributed by atoms with Crippen LogP contribution in [0.15, 0.2) is 24.3 Å². The summed E-state index contributed by atoms with van der Waals surface area (Å²) >= 11 is 0. The molecule has 106 valence electrons. The van der Waals surface area contributed by atoms with Crippen LogP contribution in [0, 0.1) is 5.92 Å². The minimum atomic E-state index is 0.219. The van der Waals surface area contributed by atoms with Crippen LogP contribution in [-0.2, 0) is 0 Å². The maximum absolute atomic E-state index is 9.34. The molecule has 1 aliphatic carbocycles. The lowest BCUT2D eigenvalue weighted by Gasteiger charge is -2.39. The molecule has 1 unspecified atom stereocenters. The molecule has 2 rings (SSSR count). The van der Waals surface area contributed by atoms with Crippen molar-refractivity contribution in [3.63, 3.8) is 0 Å². The molecule has 0 bridgehead atoms. The quantitative estimate of drug-likeness (QED) is 0.829. The van der Waals surface area contributed by atoms with Crippen LogP contribution in [0.4, 0.5) is 0 Å². The average Bonchev–Trinajstić information content (AvgIpc) is 2.37. The topological polar surface area (TPSA) is 41.5 Å². The van der Waals surface area contributed by atoms with Crippen molar-refractivity contribution in [3.8, 4) is 5.75 Å². The SMILES string of the molecule is COc1cccc(C2CC(NC(CO)C(C)C)C2)c1. The fraction of sp³-hybridized carbons (Fsp3) is 0.625. The molecule has 3 heteroatoms. The standard InChI is InChI=1S/C16H25NO2/c1-11(2)16(10-18)17-14-7-13(8-14)12-5-4-6-15(9-12)19-3/h4-6,9,11,13-14,16-18H,7-8,10H2,1-3H3. The Morgan fingerprint density at radius 1 is 1.37 bits per heavy atom. The summed E-state index contributed by atoms with van der Waals surface area (Å²) in [5.41, 5.74) is 1.36. The third-order valence-corrected chi connectivity index (χ3v) is 4.15. The molecule has 1 aromatic carbocycles. The van der Waals surface area contributed by atoms with Gasteiger partial charge in [0.25, 0.3) is 0 Å². The van der Waals surface area contributed by atoms with Crippen molar-refractivity contribution in [1.29, 1.82) is 0 Å².